The predicted molar refractivity (Wildman–Crippen MR) is 148 cm³/mol. The number of hydrogen-bond donors (Lipinski definition) is 0. The molecule has 3 aromatic rings. The van der Waals surface area contributed by atoms with Crippen LogP contribution in [0.1, 0.15) is 44.9 Å². The van der Waals surface area contributed by atoms with E-state index in [-0.39, 0.29) is 18.3 Å². The molecule has 0 bridgehead atoms. The number of allylic oxidation sites excluding steroid dienone is 1. The summed E-state index contributed by atoms with van der Waals surface area (Å²) in [5.74, 6) is 0.876. The number of fused-ring (bicyclic) bond motifs is 1. The normalized spacial score (nSPS) is 15.5. The molecule has 0 amide bonds. The van der Waals surface area contributed by atoms with Crippen molar-refractivity contribution in [2.24, 2.45) is 4.99 Å². The Bertz CT molecular complexity index is 1520. The summed E-state index contributed by atoms with van der Waals surface area (Å²) in [5.41, 5.74) is 2.18. The van der Waals surface area contributed by atoms with Crippen LogP contribution in [0, 0.1) is 3.57 Å². The van der Waals surface area contributed by atoms with Crippen LogP contribution in [-0.4, -0.2) is 30.4 Å². The molecule has 2 heterocycles. The van der Waals surface area contributed by atoms with E-state index in [4.69, 9.17) is 14.2 Å². The Morgan fingerprint density at radius 1 is 1.22 bits per heavy atom. The van der Waals surface area contributed by atoms with Gasteiger partial charge >= 0.3 is 5.97 Å². The molecule has 4 rings (SSSR count). The first kappa shape index (κ1) is 26.2. The number of nitrogens with zero attached hydrogens (tertiary/aromatic N) is 2. The predicted octanol–water partition coefficient (Wildman–Crippen LogP) is 4.20. The van der Waals surface area contributed by atoms with Gasteiger partial charge in [-0.2, -0.15) is 0 Å². The van der Waals surface area contributed by atoms with Crippen molar-refractivity contribution >= 4 is 46.0 Å². The Hall–Kier alpha value is -2.92. The lowest BCUT2D eigenvalue weighted by Gasteiger charge is -2.26. The summed E-state index contributed by atoms with van der Waals surface area (Å²) in [5, 5.41) is 0. The van der Waals surface area contributed by atoms with Crippen molar-refractivity contribution in [3.8, 4) is 11.5 Å². The maximum Gasteiger partial charge on any atom is 0.338 e. The van der Waals surface area contributed by atoms with E-state index in [2.05, 4.69) is 27.6 Å². The number of benzene rings is 2. The molecule has 7 nitrogen and oxygen atoms in total. The molecule has 0 N–H and O–H groups in total. The molecule has 188 valence electrons. The van der Waals surface area contributed by atoms with Crippen LogP contribution in [0.15, 0.2) is 63.5 Å². The van der Waals surface area contributed by atoms with Crippen LogP contribution in [0.2, 0.25) is 0 Å². The molecular formula is C27H27IN2O5S. The molecule has 1 aliphatic rings. The first-order valence-corrected chi connectivity index (χ1v) is 13.4. The van der Waals surface area contributed by atoms with Crippen LogP contribution >= 0.6 is 33.9 Å². The first-order valence-electron chi connectivity index (χ1n) is 11.5. The molecule has 1 aromatic heterocycles. The lowest BCUT2D eigenvalue weighted by Crippen LogP contribution is -2.40. The Kier molecular flexibility index (Phi) is 7.99. The van der Waals surface area contributed by atoms with Gasteiger partial charge in [0.1, 0.15) is 17.5 Å². The first-order chi connectivity index (χ1) is 17.2. The standard InChI is InChI=1S/C27H27IN2O5S/c1-6-34-26(32)23-16(4)29-27-30(24(23)18-9-7-8-10-20(18)35-15(2)3)25(31)22(36-27)14-17-11-12-21(33-5)19(28)13-17/h7-15,24H,6H2,1-5H3/b22-14+/t24-/m1/s1. The summed E-state index contributed by atoms with van der Waals surface area (Å²) >= 11 is 3.49. The van der Waals surface area contributed by atoms with Crippen LogP contribution in [0.3, 0.4) is 0 Å². The summed E-state index contributed by atoms with van der Waals surface area (Å²) in [6, 6.07) is 12.5. The maximum absolute atomic E-state index is 13.8. The van der Waals surface area contributed by atoms with Crippen LogP contribution in [-0.2, 0) is 9.53 Å². The largest absolute Gasteiger partial charge is 0.496 e. The average Bonchev–Trinajstić information content (AvgIpc) is 3.13. The van der Waals surface area contributed by atoms with Gasteiger partial charge in [0.15, 0.2) is 4.80 Å². The van der Waals surface area contributed by atoms with Crippen molar-refractivity contribution in [3.05, 3.63) is 88.1 Å². The van der Waals surface area contributed by atoms with Gasteiger partial charge in [0.05, 0.1) is 39.2 Å². The number of halogens is 1. The van der Waals surface area contributed by atoms with Crippen LogP contribution in [0.4, 0.5) is 0 Å². The molecule has 0 radical (unpaired) electrons. The number of aromatic nitrogens is 1. The van der Waals surface area contributed by atoms with Crippen LogP contribution in [0.25, 0.3) is 6.08 Å². The summed E-state index contributed by atoms with van der Waals surface area (Å²) in [4.78, 5) is 32.1. The third-order valence-electron chi connectivity index (χ3n) is 5.57. The molecule has 2 aromatic carbocycles. The van der Waals surface area contributed by atoms with Crippen molar-refractivity contribution < 1.29 is 19.0 Å². The van der Waals surface area contributed by atoms with Crippen molar-refractivity contribution in [2.75, 3.05) is 13.7 Å². The number of esters is 1. The van der Waals surface area contributed by atoms with Crippen molar-refractivity contribution in [2.45, 2.75) is 39.8 Å². The zero-order chi connectivity index (χ0) is 26.0. The summed E-state index contributed by atoms with van der Waals surface area (Å²) in [6.45, 7) is 7.61. The highest BCUT2D eigenvalue weighted by atomic mass is 127. The minimum atomic E-state index is -0.728. The number of rotatable bonds is 7. The van der Waals surface area contributed by atoms with E-state index in [0.717, 1.165) is 14.9 Å². The molecule has 0 saturated carbocycles. The number of para-hydroxylation sites is 1. The Labute approximate surface area is 226 Å². The fourth-order valence-corrected chi connectivity index (χ4v) is 5.88. The Balaban J connectivity index is 1.96. The number of methoxy groups -OCH3 is 1. The number of carbonyl (C=O) groups is 1. The van der Waals surface area contributed by atoms with Gasteiger partial charge in [-0.25, -0.2) is 9.79 Å². The summed E-state index contributed by atoms with van der Waals surface area (Å²) in [7, 11) is 1.62. The van der Waals surface area contributed by atoms with Gasteiger partial charge in [0.25, 0.3) is 5.56 Å². The third-order valence-corrected chi connectivity index (χ3v) is 7.39. The van der Waals surface area contributed by atoms with E-state index in [1.54, 1.807) is 25.5 Å². The van der Waals surface area contributed by atoms with Crippen LogP contribution < -0.4 is 24.4 Å². The monoisotopic (exact) mass is 618 g/mol. The molecule has 36 heavy (non-hydrogen) atoms. The second-order valence-corrected chi connectivity index (χ2v) is 10.6. The molecule has 1 aliphatic heterocycles. The fraction of sp³-hybridized carbons (Fsp3) is 0.296. The van der Waals surface area contributed by atoms with Crippen molar-refractivity contribution in [1.82, 2.24) is 4.57 Å². The molecule has 0 unspecified atom stereocenters. The van der Waals surface area contributed by atoms with Gasteiger partial charge < -0.3 is 14.2 Å². The average molecular weight is 618 g/mol. The van der Waals surface area contributed by atoms with Gasteiger partial charge in [-0.1, -0.05) is 35.6 Å². The number of thiazole rings is 1. The van der Waals surface area contributed by atoms with E-state index in [0.29, 0.717) is 31.9 Å². The Morgan fingerprint density at radius 3 is 2.64 bits per heavy atom. The zero-order valence-electron chi connectivity index (χ0n) is 20.7. The minimum absolute atomic E-state index is 0.0874. The fourth-order valence-electron chi connectivity index (χ4n) is 4.08. The lowest BCUT2D eigenvalue weighted by molar-refractivity contribution is -0.139. The highest BCUT2D eigenvalue weighted by molar-refractivity contribution is 14.1. The summed E-state index contributed by atoms with van der Waals surface area (Å²) < 4.78 is 19.8. The van der Waals surface area contributed by atoms with Crippen molar-refractivity contribution in [3.63, 3.8) is 0 Å². The molecule has 1 atom stereocenters. The van der Waals surface area contributed by atoms with Gasteiger partial charge in [0.2, 0.25) is 0 Å². The Morgan fingerprint density at radius 2 is 1.97 bits per heavy atom. The smallest absolute Gasteiger partial charge is 0.338 e. The highest BCUT2D eigenvalue weighted by Gasteiger charge is 2.35. The highest BCUT2D eigenvalue weighted by Crippen LogP contribution is 2.36. The topological polar surface area (TPSA) is 79.1 Å². The molecule has 0 aliphatic carbocycles. The second kappa shape index (κ2) is 11.0. The van der Waals surface area contributed by atoms with Gasteiger partial charge in [0, 0.05) is 5.56 Å². The number of carbonyl (C=O) groups excluding carboxylic acids is 1. The van der Waals surface area contributed by atoms with Gasteiger partial charge in [-0.05, 0) is 80.1 Å². The van der Waals surface area contributed by atoms with Crippen LogP contribution in [0.5, 0.6) is 11.5 Å². The number of hydrogen-bond acceptors (Lipinski definition) is 7. The van der Waals surface area contributed by atoms with E-state index in [9.17, 15) is 9.59 Å². The van der Waals surface area contributed by atoms with E-state index < -0.39 is 12.0 Å². The van der Waals surface area contributed by atoms with E-state index >= 15 is 0 Å². The minimum Gasteiger partial charge on any atom is -0.496 e. The summed E-state index contributed by atoms with van der Waals surface area (Å²) in [6.07, 6.45) is 1.75. The SMILES string of the molecule is CCOC(=O)C1=C(C)N=c2s/c(=C/c3ccc(OC)c(I)c3)c(=O)n2[C@@H]1c1ccccc1OC(C)C. The maximum atomic E-state index is 13.8. The third kappa shape index (κ3) is 5.12. The van der Waals surface area contributed by atoms with E-state index in [1.165, 1.54) is 11.3 Å². The zero-order valence-corrected chi connectivity index (χ0v) is 23.7. The molecular weight excluding hydrogens is 591 g/mol. The molecule has 0 saturated heterocycles. The van der Waals surface area contributed by atoms with E-state index in [1.807, 2.05) is 62.4 Å². The lowest BCUT2D eigenvalue weighted by atomic mass is 9.95. The quantitative estimate of drug-likeness (QED) is 0.293. The molecule has 9 heteroatoms. The van der Waals surface area contributed by atoms with Gasteiger partial charge in [-0.3, -0.25) is 9.36 Å². The van der Waals surface area contributed by atoms with Crippen molar-refractivity contribution in [1.29, 1.82) is 0 Å². The molecule has 0 spiro atoms. The van der Waals surface area contributed by atoms with Gasteiger partial charge in [-0.15, -0.1) is 0 Å². The number of ether oxygens (including phenoxy) is 3. The molecule has 0 fully saturated rings. The second-order valence-electron chi connectivity index (χ2n) is 8.40.